The Labute approximate surface area is 159 Å². The number of cyclic esters (lactones) is 1. The monoisotopic (exact) mass is 382 g/mol. The maximum atomic E-state index is 12.1. The van der Waals surface area contributed by atoms with Crippen LogP contribution in [0.5, 0.6) is 11.5 Å². The molecule has 0 unspecified atom stereocenters. The molecule has 0 spiro atoms. The topological polar surface area (TPSA) is 117 Å². The van der Waals surface area contributed by atoms with E-state index in [1.807, 2.05) is 0 Å². The number of benzene rings is 2. The predicted octanol–water partition coefficient (Wildman–Crippen LogP) is 2.87. The normalized spacial score (nSPS) is 14.4. The average Bonchev–Trinajstić information content (AvgIpc) is 3.01. The van der Waals surface area contributed by atoms with Crippen molar-refractivity contribution in [2.24, 2.45) is 4.99 Å². The maximum Gasteiger partial charge on any atom is 0.363 e. The van der Waals surface area contributed by atoms with Gasteiger partial charge in [0, 0.05) is 18.6 Å². The summed E-state index contributed by atoms with van der Waals surface area (Å²) in [5, 5.41) is 11.2. The van der Waals surface area contributed by atoms with Gasteiger partial charge in [0.15, 0.2) is 11.4 Å². The van der Waals surface area contributed by atoms with Crippen molar-refractivity contribution in [2.75, 3.05) is 7.11 Å². The van der Waals surface area contributed by atoms with Gasteiger partial charge in [-0.3, -0.25) is 14.9 Å². The third-order valence-electron chi connectivity index (χ3n) is 3.67. The summed E-state index contributed by atoms with van der Waals surface area (Å²) >= 11 is 0. The number of nitro groups is 1. The Kier molecular flexibility index (Phi) is 5.16. The minimum absolute atomic E-state index is 0.00782. The Bertz CT molecular complexity index is 1040. The summed E-state index contributed by atoms with van der Waals surface area (Å²) in [7, 11) is 1.32. The number of aliphatic imine (C=N–C) groups is 1. The molecule has 0 aliphatic carbocycles. The molecule has 0 atom stereocenters. The molecule has 28 heavy (non-hydrogen) atoms. The fourth-order valence-corrected chi connectivity index (χ4v) is 2.49. The number of ether oxygens (including phenoxy) is 3. The summed E-state index contributed by atoms with van der Waals surface area (Å²) in [6, 6.07) is 10.6. The van der Waals surface area contributed by atoms with Gasteiger partial charge >= 0.3 is 17.6 Å². The van der Waals surface area contributed by atoms with E-state index in [-0.39, 0.29) is 28.6 Å². The summed E-state index contributed by atoms with van der Waals surface area (Å²) in [6.07, 6.45) is 1.46. The van der Waals surface area contributed by atoms with Gasteiger partial charge in [0.2, 0.25) is 5.90 Å². The van der Waals surface area contributed by atoms with Gasteiger partial charge in [-0.15, -0.1) is 0 Å². The minimum Gasteiger partial charge on any atom is -0.490 e. The molecule has 1 aliphatic heterocycles. The Morgan fingerprint density at radius 1 is 1.25 bits per heavy atom. The van der Waals surface area contributed by atoms with Crippen LogP contribution in [-0.2, 0) is 14.3 Å². The number of esters is 2. The Balaban J connectivity index is 1.93. The summed E-state index contributed by atoms with van der Waals surface area (Å²) < 4.78 is 15.1. The van der Waals surface area contributed by atoms with Crippen LogP contribution in [0.2, 0.25) is 0 Å². The zero-order valence-electron chi connectivity index (χ0n) is 14.9. The highest BCUT2D eigenvalue weighted by molar-refractivity contribution is 6.13. The van der Waals surface area contributed by atoms with Gasteiger partial charge in [-0.2, -0.15) is 0 Å². The molecular formula is C19H14N2O7. The SMILES string of the molecule is COc1ccc(C2=N/C(=C\c3cccc(OC(C)=O)c3)C(=O)O2)cc1[N+](=O)[O-]. The van der Waals surface area contributed by atoms with Crippen molar-refractivity contribution in [3.63, 3.8) is 0 Å². The second-order valence-electron chi connectivity index (χ2n) is 5.65. The predicted molar refractivity (Wildman–Crippen MR) is 98.0 cm³/mol. The summed E-state index contributed by atoms with van der Waals surface area (Å²) in [5.41, 5.74) is 0.563. The molecule has 0 amide bonds. The van der Waals surface area contributed by atoms with Crippen LogP contribution in [0.3, 0.4) is 0 Å². The molecule has 0 saturated heterocycles. The van der Waals surface area contributed by atoms with Crippen LogP contribution >= 0.6 is 0 Å². The summed E-state index contributed by atoms with van der Waals surface area (Å²) in [5.74, 6) is -0.823. The molecule has 0 fully saturated rings. The smallest absolute Gasteiger partial charge is 0.363 e. The van der Waals surface area contributed by atoms with Gasteiger partial charge in [0.25, 0.3) is 0 Å². The van der Waals surface area contributed by atoms with Gasteiger partial charge in [0.1, 0.15) is 5.75 Å². The van der Waals surface area contributed by atoms with Crippen molar-refractivity contribution in [3.8, 4) is 11.5 Å². The molecule has 1 aliphatic rings. The van der Waals surface area contributed by atoms with E-state index in [0.717, 1.165) is 0 Å². The van der Waals surface area contributed by atoms with Crippen molar-refractivity contribution in [3.05, 3.63) is 69.4 Å². The van der Waals surface area contributed by atoms with E-state index in [4.69, 9.17) is 14.2 Å². The fourth-order valence-electron chi connectivity index (χ4n) is 2.49. The molecular weight excluding hydrogens is 368 g/mol. The van der Waals surface area contributed by atoms with Crippen LogP contribution in [0.25, 0.3) is 6.08 Å². The lowest BCUT2D eigenvalue weighted by atomic mass is 10.2. The van der Waals surface area contributed by atoms with Crippen molar-refractivity contribution in [2.45, 2.75) is 6.92 Å². The maximum absolute atomic E-state index is 12.1. The van der Waals surface area contributed by atoms with E-state index < -0.39 is 16.9 Å². The van der Waals surface area contributed by atoms with Crippen molar-refractivity contribution in [1.82, 2.24) is 0 Å². The first-order valence-electron chi connectivity index (χ1n) is 8.01. The molecule has 0 aromatic heterocycles. The largest absolute Gasteiger partial charge is 0.490 e. The third kappa shape index (κ3) is 4.04. The third-order valence-corrected chi connectivity index (χ3v) is 3.67. The molecule has 0 bridgehead atoms. The lowest BCUT2D eigenvalue weighted by Gasteiger charge is -2.03. The number of rotatable bonds is 5. The minimum atomic E-state index is -0.702. The van der Waals surface area contributed by atoms with E-state index in [9.17, 15) is 19.7 Å². The zero-order chi connectivity index (χ0) is 20.3. The van der Waals surface area contributed by atoms with Gasteiger partial charge in [-0.05, 0) is 35.9 Å². The van der Waals surface area contributed by atoms with Crippen LogP contribution in [0, 0.1) is 10.1 Å². The quantitative estimate of drug-likeness (QED) is 0.256. The Morgan fingerprint density at radius 2 is 2.04 bits per heavy atom. The first-order chi connectivity index (χ1) is 13.4. The number of nitro benzene ring substituents is 1. The van der Waals surface area contributed by atoms with Crippen molar-refractivity contribution < 1.29 is 28.7 Å². The van der Waals surface area contributed by atoms with Crippen LogP contribution in [0.1, 0.15) is 18.1 Å². The van der Waals surface area contributed by atoms with Crippen LogP contribution in [0.4, 0.5) is 5.69 Å². The lowest BCUT2D eigenvalue weighted by molar-refractivity contribution is -0.385. The summed E-state index contributed by atoms with van der Waals surface area (Å²) in [4.78, 5) is 37.8. The second kappa shape index (κ2) is 7.70. The molecule has 0 N–H and O–H groups in total. The standard InChI is InChI=1S/C19H14N2O7/c1-11(22)27-14-5-3-4-12(8-14)9-15-19(23)28-18(20-15)13-6-7-17(26-2)16(10-13)21(24)25/h3-10H,1-2H3/b15-9-. The zero-order valence-corrected chi connectivity index (χ0v) is 14.9. The Hall–Kier alpha value is -4.01. The molecule has 9 heteroatoms. The molecule has 0 radical (unpaired) electrons. The van der Waals surface area contributed by atoms with E-state index in [2.05, 4.69) is 4.99 Å². The Morgan fingerprint density at radius 3 is 2.71 bits per heavy atom. The molecule has 3 rings (SSSR count). The molecule has 1 heterocycles. The number of carbonyl (C=O) groups is 2. The van der Waals surface area contributed by atoms with Gasteiger partial charge in [-0.1, -0.05) is 12.1 Å². The van der Waals surface area contributed by atoms with Crippen LogP contribution < -0.4 is 9.47 Å². The van der Waals surface area contributed by atoms with Crippen molar-refractivity contribution in [1.29, 1.82) is 0 Å². The molecule has 2 aromatic carbocycles. The van der Waals surface area contributed by atoms with E-state index in [1.54, 1.807) is 24.3 Å². The fraction of sp³-hybridized carbons (Fsp3) is 0.105. The number of methoxy groups -OCH3 is 1. The molecule has 9 nitrogen and oxygen atoms in total. The highest BCUT2D eigenvalue weighted by Crippen LogP contribution is 2.29. The molecule has 142 valence electrons. The molecule has 2 aromatic rings. The van der Waals surface area contributed by atoms with E-state index in [1.165, 1.54) is 38.3 Å². The number of nitrogens with zero attached hydrogens (tertiary/aromatic N) is 2. The van der Waals surface area contributed by atoms with Gasteiger partial charge < -0.3 is 14.2 Å². The highest BCUT2D eigenvalue weighted by Gasteiger charge is 2.26. The lowest BCUT2D eigenvalue weighted by Crippen LogP contribution is -2.06. The average molecular weight is 382 g/mol. The second-order valence-corrected chi connectivity index (χ2v) is 5.65. The van der Waals surface area contributed by atoms with Gasteiger partial charge in [0.05, 0.1) is 12.0 Å². The van der Waals surface area contributed by atoms with Gasteiger partial charge in [-0.25, -0.2) is 9.79 Å². The van der Waals surface area contributed by atoms with Crippen LogP contribution in [-0.4, -0.2) is 29.9 Å². The number of carbonyl (C=O) groups excluding carboxylic acids is 2. The van der Waals surface area contributed by atoms with E-state index >= 15 is 0 Å². The highest BCUT2D eigenvalue weighted by atomic mass is 16.6. The van der Waals surface area contributed by atoms with Crippen molar-refractivity contribution >= 4 is 29.6 Å². The first-order valence-corrected chi connectivity index (χ1v) is 8.01. The molecule has 0 saturated carbocycles. The number of hydrogen-bond donors (Lipinski definition) is 0. The van der Waals surface area contributed by atoms with E-state index in [0.29, 0.717) is 11.3 Å². The van der Waals surface area contributed by atoms with Crippen LogP contribution in [0.15, 0.2) is 53.2 Å². The number of hydrogen-bond acceptors (Lipinski definition) is 8. The first kappa shape index (κ1) is 18.8. The summed E-state index contributed by atoms with van der Waals surface area (Å²) in [6.45, 7) is 1.28.